The number of nitrogens with one attached hydrogen (secondary N) is 1. The van der Waals surface area contributed by atoms with Crippen molar-refractivity contribution >= 4 is 17.7 Å². The maximum Gasteiger partial charge on any atom is 0.220 e. The van der Waals surface area contributed by atoms with E-state index in [0.29, 0.717) is 13.0 Å². The molecular weight excluding hydrogens is 236 g/mol. The Morgan fingerprint density at radius 1 is 1.41 bits per heavy atom. The fourth-order valence-electron chi connectivity index (χ4n) is 1.53. The van der Waals surface area contributed by atoms with E-state index in [2.05, 4.69) is 12.2 Å². The second kappa shape index (κ2) is 7.24. The molecule has 0 bridgehead atoms. The third-order valence-corrected chi connectivity index (χ3v) is 3.42. The standard InChI is InChI=1S/C12H25N2O2S/c1-10(15)14-9-12(16,7-5-6-8-13)17-11(2,3)4/h16H,1,5-9,13H2,2-4H3,(H,14,15)/t12-/m0/s1. The molecule has 0 aromatic carbocycles. The molecule has 0 unspecified atom stereocenters. The first-order valence-electron chi connectivity index (χ1n) is 5.91. The topological polar surface area (TPSA) is 75.3 Å². The van der Waals surface area contributed by atoms with Crippen molar-refractivity contribution < 1.29 is 9.90 Å². The van der Waals surface area contributed by atoms with Gasteiger partial charge in [-0.05, 0) is 25.8 Å². The molecule has 0 aromatic heterocycles. The number of aliphatic hydroxyl groups is 1. The molecule has 0 spiro atoms. The van der Waals surface area contributed by atoms with Gasteiger partial charge in [-0.25, -0.2) is 0 Å². The first kappa shape index (κ1) is 16.7. The van der Waals surface area contributed by atoms with Crippen LogP contribution in [0.5, 0.6) is 0 Å². The average molecular weight is 261 g/mol. The number of hydrogen-bond acceptors (Lipinski definition) is 4. The summed E-state index contributed by atoms with van der Waals surface area (Å²) >= 11 is 1.47. The predicted octanol–water partition coefficient (Wildman–Crippen LogP) is 1.29. The summed E-state index contributed by atoms with van der Waals surface area (Å²) in [6.07, 6.45) is 2.35. The molecule has 0 fully saturated rings. The molecule has 4 N–H and O–H groups in total. The normalized spacial score (nSPS) is 15.4. The minimum absolute atomic E-state index is 0.0661. The fraction of sp³-hybridized carbons (Fsp3) is 0.833. The van der Waals surface area contributed by atoms with Crippen LogP contribution in [0.25, 0.3) is 0 Å². The van der Waals surface area contributed by atoms with Gasteiger partial charge >= 0.3 is 0 Å². The molecule has 101 valence electrons. The maximum atomic E-state index is 10.8. The Morgan fingerprint density at radius 3 is 2.41 bits per heavy atom. The van der Waals surface area contributed by atoms with E-state index in [0.717, 1.165) is 12.8 Å². The van der Waals surface area contributed by atoms with E-state index in [1.165, 1.54) is 11.8 Å². The first-order valence-corrected chi connectivity index (χ1v) is 6.72. The number of nitrogens with two attached hydrogens (primary N) is 1. The lowest BCUT2D eigenvalue weighted by atomic mass is 10.1. The highest BCUT2D eigenvalue weighted by atomic mass is 32.2. The van der Waals surface area contributed by atoms with Crippen LogP contribution in [0.4, 0.5) is 0 Å². The lowest BCUT2D eigenvalue weighted by Gasteiger charge is -2.34. The molecule has 1 atom stereocenters. The molecule has 0 aliphatic rings. The molecule has 4 nitrogen and oxygen atoms in total. The number of rotatable bonds is 7. The van der Waals surface area contributed by atoms with Crippen molar-refractivity contribution in [3.8, 4) is 0 Å². The van der Waals surface area contributed by atoms with Crippen molar-refractivity contribution in [1.29, 1.82) is 0 Å². The van der Waals surface area contributed by atoms with E-state index in [1.807, 2.05) is 20.8 Å². The van der Waals surface area contributed by atoms with Gasteiger partial charge in [-0.2, -0.15) is 0 Å². The van der Waals surface area contributed by atoms with Gasteiger partial charge in [-0.1, -0.05) is 20.8 Å². The lowest BCUT2D eigenvalue weighted by molar-refractivity contribution is -0.117. The highest BCUT2D eigenvalue weighted by molar-refractivity contribution is 8.01. The van der Waals surface area contributed by atoms with E-state index >= 15 is 0 Å². The van der Waals surface area contributed by atoms with E-state index in [1.54, 1.807) is 0 Å². The molecule has 0 rings (SSSR count). The molecule has 17 heavy (non-hydrogen) atoms. The van der Waals surface area contributed by atoms with Crippen molar-refractivity contribution in [3.05, 3.63) is 6.92 Å². The van der Waals surface area contributed by atoms with Crippen LogP contribution in [0.2, 0.25) is 0 Å². The molecule has 0 aliphatic heterocycles. The van der Waals surface area contributed by atoms with Gasteiger partial charge in [0, 0.05) is 11.7 Å². The number of hydrogen-bond donors (Lipinski definition) is 3. The van der Waals surface area contributed by atoms with E-state index < -0.39 is 4.93 Å². The zero-order valence-corrected chi connectivity index (χ0v) is 11.9. The minimum atomic E-state index is -0.944. The smallest absolute Gasteiger partial charge is 0.220 e. The second-order valence-electron chi connectivity index (χ2n) is 5.18. The number of amides is 1. The average Bonchev–Trinajstić information content (AvgIpc) is 2.13. The van der Waals surface area contributed by atoms with Gasteiger partial charge in [0.1, 0.15) is 4.93 Å². The Morgan fingerprint density at radius 2 is 2.00 bits per heavy atom. The number of unbranched alkanes of at least 4 members (excludes halogenated alkanes) is 1. The van der Waals surface area contributed by atoms with Gasteiger partial charge in [-0.3, -0.25) is 4.79 Å². The van der Waals surface area contributed by atoms with Crippen molar-refractivity contribution in [2.24, 2.45) is 5.73 Å². The van der Waals surface area contributed by atoms with Crippen LogP contribution in [0.15, 0.2) is 0 Å². The van der Waals surface area contributed by atoms with Gasteiger partial charge in [0.25, 0.3) is 0 Å². The molecule has 1 amide bonds. The van der Waals surface area contributed by atoms with E-state index in [4.69, 9.17) is 5.73 Å². The van der Waals surface area contributed by atoms with Gasteiger partial charge in [-0.15, -0.1) is 11.8 Å². The van der Waals surface area contributed by atoms with Crippen LogP contribution in [0.3, 0.4) is 0 Å². The monoisotopic (exact) mass is 261 g/mol. The summed E-state index contributed by atoms with van der Waals surface area (Å²) in [5, 5.41) is 13.1. The zero-order chi connectivity index (χ0) is 13.5. The highest BCUT2D eigenvalue weighted by Gasteiger charge is 2.32. The van der Waals surface area contributed by atoms with Crippen molar-refractivity contribution in [2.75, 3.05) is 13.1 Å². The summed E-state index contributed by atoms with van der Waals surface area (Å²) < 4.78 is -0.0661. The second-order valence-corrected chi connectivity index (χ2v) is 7.37. The third kappa shape index (κ3) is 9.44. The van der Waals surface area contributed by atoms with E-state index in [9.17, 15) is 9.90 Å². The van der Waals surface area contributed by atoms with Gasteiger partial charge < -0.3 is 16.2 Å². The number of carbonyl (C=O) groups is 1. The molecule has 0 heterocycles. The highest BCUT2D eigenvalue weighted by Crippen LogP contribution is 2.37. The van der Waals surface area contributed by atoms with E-state index in [-0.39, 0.29) is 17.2 Å². The molecule has 0 saturated heterocycles. The van der Waals surface area contributed by atoms with Gasteiger partial charge in [0.15, 0.2) is 0 Å². The summed E-state index contributed by atoms with van der Waals surface area (Å²) in [6.45, 7) is 10.2. The van der Waals surface area contributed by atoms with Crippen LogP contribution in [-0.4, -0.2) is 33.8 Å². The summed E-state index contributed by atoms with van der Waals surface area (Å²) in [7, 11) is 0. The Kier molecular flexibility index (Phi) is 7.13. The van der Waals surface area contributed by atoms with Crippen LogP contribution < -0.4 is 11.1 Å². The molecule has 0 saturated carbocycles. The molecule has 1 radical (unpaired) electrons. The maximum absolute atomic E-state index is 10.8. The van der Waals surface area contributed by atoms with Crippen LogP contribution >= 0.6 is 11.8 Å². The van der Waals surface area contributed by atoms with Crippen molar-refractivity contribution in [2.45, 2.75) is 49.7 Å². The summed E-state index contributed by atoms with van der Waals surface area (Å²) in [4.78, 5) is 9.88. The largest absolute Gasteiger partial charge is 0.378 e. The molecular formula is C12H25N2O2S. The predicted molar refractivity (Wildman–Crippen MR) is 73.6 cm³/mol. The summed E-state index contributed by atoms with van der Waals surface area (Å²) in [5.74, 6) is -0.364. The third-order valence-electron chi connectivity index (χ3n) is 2.08. The number of thioether (sulfide) groups is 1. The Labute approximate surface area is 109 Å². The van der Waals surface area contributed by atoms with Crippen molar-refractivity contribution in [3.63, 3.8) is 0 Å². The lowest BCUT2D eigenvalue weighted by Crippen LogP contribution is -2.42. The Bertz CT molecular complexity index is 241. The van der Waals surface area contributed by atoms with Gasteiger partial charge in [0.05, 0.1) is 6.54 Å². The molecule has 0 aromatic rings. The molecule has 5 heteroatoms. The Hall–Kier alpha value is -0.260. The first-order chi connectivity index (χ1) is 7.68. The quantitative estimate of drug-likeness (QED) is 0.477. The van der Waals surface area contributed by atoms with Crippen molar-refractivity contribution in [1.82, 2.24) is 5.32 Å². The SMILES string of the molecule is [CH2]C(=O)NC[C@](O)(CCCCN)SC(C)(C)C. The van der Waals surface area contributed by atoms with Gasteiger partial charge in [0.2, 0.25) is 5.91 Å². The number of carbonyl (C=O) groups excluding carboxylic acids is 1. The van der Waals surface area contributed by atoms with Crippen LogP contribution in [0.1, 0.15) is 40.0 Å². The minimum Gasteiger partial charge on any atom is -0.378 e. The summed E-state index contributed by atoms with van der Waals surface area (Å²) in [5.41, 5.74) is 5.44. The van der Waals surface area contributed by atoms with Crippen LogP contribution in [0, 0.1) is 6.92 Å². The van der Waals surface area contributed by atoms with Crippen LogP contribution in [-0.2, 0) is 4.79 Å². The summed E-state index contributed by atoms with van der Waals surface area (Å²) in [6, 6.07) is 0. The Balaban J connectivity index is 4.39. The zero-order valence-electron chi connectivity index (χ0n) is 11.1. The fourth-order valence-corrected chi connectivity index (χ4v) is 3.06. The molecule has 0 aliphatic carbocycles.